The normalized spacial score (nSPS) is 25.2. The number of phenolic OH excluding ortho intramolecular Hbond substituents is 1. The zero-order valence-corrected chi connectivity index (χ0v) is 12.2. The van der Waals surface area contributed by atoms with E-state index in [1.807, 2.05) is 12.1 Å². The minimum Gasteiger partial charge on any atom is -0.508 e. The molecule has 1 atom stereocenters. The third-order valence-corrected chi connectivity index (χ3v) is 4.40. The topological polar surface area (TPSA) is 32.3 Å². The monoisotopic (exact) mass is 261 g/mol. The largest absolute Gasteiger partial charge is 0.508 e. The van der Waals surface area contributed by atoms with Crippen LogP contribution in [0.2, 0.25) is 0 Å². The molecule has 0 aliphatic heterocycles. The number of rotatable bonds is 5. The Kier molecular flexibility index (Phi) is 5.26. The van der Waals surface area contributed by atoms with Crippen molar-refractivity contribution in [3.8, 4) is 5.75 Å². The molecular weight excluding hydrogens is 234 g/mol. The molecule has 0 heterocycles. The van der Waals surface area contributed by atoms with Crippen LogP contribution in [0, 0.1) is 5.92 Å². The molecule has 1 aliphatic carbocycles. The van der Waals surface area contributed by atoms with E-state index in [1.165, 1.54) is 44.1 Å². The average molecular weight is 261 g/mol. The molecule has 0 saturated heterocycles. The summed E-state index contributed by atoms with van der Waals surface area (Å²) in [6, 6.07) is 8.55. The van der Waals surface area contributed by atoms with E-state index in [0.717, 1.165) is 5.92 Å². The van der Waals surface area contributed by atoms with Gasteiger partial charge in [0.2, 0.25) is 0 Å². The highest BCUT2D eigenvalue weighted by atomic mass is 16.3. The second-order valence-corrected chi connectivity index (χ2v) is 5.99. The van der Waals surface area contributed by atoms with Crippen LogP contribution in [0.1, 0.15) is 64.0 Å². The van der Waals surface area contributed by atoms with Gasteiger partial charge < -0.3 is 10.4 Å². The zero-order valence-electron chi connectivity index (χ0n) is 12.2. The number of benzene rings is 1. The molecule has 0 bridgehead atoms. The fourth-order valence-corrected chi connectivity index (χ4v) is 3.27. The van der Waals surface area contributed by atoms with Gasteiger partial charge >= 0.3 is 0 Å². The number of hydrogen-bond acceptors (Lipinski definition) is 2. The van der Waals surface area contributed by atoms with Gasteiger partial charge in [-0.25, -0.2) is 0 Å². The van der Waals surface area contributed by atoms with Crippen molar-refractivity contribution >= 4 is 0 Å². The van der Waals surface area contributed by atoms with Gasteiger partial charge in [-0.15, -0.1) is 0 Å². The van der Waals surface area contributed by atoms with Gasteiger partial charge in [0, 0.05) is 12.1 Å². The van der Waals surface area contributed by atoms with E-state index in [1.54, 1.807) is 6.07 Å². The Hall–Kier alpha value is -1.02. The first-order chi connectivity index (χ1) is 9.19. The van der Waals surface area contributed by atoms with Crippen LogP contribution in [-0.4, -0.2) is 11.1 Å². The molecule has 1 fully saturated rings. The van der Waals surface area contributed by atoms with Crippen molar-refractivity contribution < 1.29 is 5.11 Å². The SMILES string of the molecule is CCCC1CCC(NC(C)c2cccc(O)c2)CC1. The summed E-state index contributed by atoms with van der Waals surface area (Å²) in [6.45, 7) is 4.47. The lowest BCUT2D eigenvalue weighted by atomic mass is 9.83. The maximum Gasteiger partial charge on any atom is 0.115 e. The maximum atomic E-state index is 9.53. The van der Waals surface area contributed by atoms with Gasteiger partial charge in [0.1, 0.15) is 5.75 Å². The van der Waals surface area contributed by atoms with Crippen molar-refractivity contribution in [3.05, 3.63) is 29.8 Å². The number of hydrogen-bond donors (Lipinski definition) is 2. The second-order valence-electron chi connectivity index (χ2n) is 5.99. The summed E-state index contributed by atoms with van der Waals surface area (Å²) in [7, 11) is 0. The van der Waals surface area contributed by atoms with Crippen LogP contribution in [0.5, 0.6) is 5.75 Å². The highest BCUT2D eigenvalue weighted by Crippen LogP contribution is 2.29. The van der Waals surface area contributed by atoms with Crippen molar-refractivity contribution in [1.29, 1.82) is 0 Å². The Balaban J connectivity index is 1.82. The molecule has 1 aliphatic rings. The number of aromatic hydroxyl groups is 1. The van der Waals surface area contributed by atoms with Gasteiger partial charge in [0.05, 0.1) is 0 Å². The van der Waals surface area contributed by atoms with Crippen molar-refractivity contribution in [2.45, 2.75) is 64.5 Å². The molecule has 0 spiro atoms. The first-order valence-corrected chi connectivity index (χ1v) is 7.74. The molecule has 2 heteroatoms. The molecular formula is C17H27NO. The standard InChI is InChI=1S/C17H27NO/c1-3-5-14-8-10-16(11-9-14)18-13(2)15-6-4-7-17(19)12-15/h4,6-7,12-14,16,18-19H,3,5,8-11H2,1-2H3. The molecule has 106 valence electrons. The van der Waals surface area contributed by atoms with E-state index in [-0.39, 0.29) is 0 Å². The summed E-state index contributed by atoms with van der Waals surface area (Å²) in [5, 5.41) is 13.2. The Labute approximate surface area is 117 Å². The Morgan fingerprint density at radius 1 is 1.26 bits per heavy atom. The lowest BCUT2D eigenvalue weighted by molar-refractivity contribution is 0.266. The van der Waals surface area contributed by atoms with Crippen LogP contribution in [0.4, 0.5) is 0 Å². The molecule has 0 radical (unpaired) electrons. The van der Waals surface area contributed by atoms with Crippen LogP contribution < -0.4 is 5.32 Å². The first-order valence-electron chi connectivity index (χ1n) is 7.74. The van der Waals surface area contributed by atoms with Gasteiger partial charge in [-0.1, -0.05) is 31.9 Å². The second kappa shape index (κ2) is 6.95. The number of phenols is 1. The molecule has 1 unspecified atom stereocenters. The van der Waals surface area contributed by atoms with Crippen molar-refractivity contribution in [3.63, 3.8) is 0 Å². The zero-order chi connectivity index (χ0) is 13.7. The van der Waals surface area contributed by atoms with Gasteiger partial charge in [-0.05, 0) is 56.2 Å². The number of nitrogens with one attached hydrogen (secondary N) is 1. The average Bonchev–Trinajstić information content (AvgIpc) is 2.41. The van der Waals surface area contributed by atoms with Crippen LogP contribution in [-0.2, 0) is 0 Å². The minimum absolute atomic E-state index is 0.319. The molecule has 0 amide bonds. The first kappa shape index (κ1) is 14.4. The highest BCUT2D eigenvalue weighted by Gasteiger charge is 2.21. The smallest absolute Gasteiger partial charge is 0.115 e. The summed E-state index contributed by atoms with van der Waals surface area (Å²) in [4.78, 5) is 0. The molecule has 1 saturated carbocycles. The lowest BCUT2D eigenvalue weighted by Gasteiger charge is -2.31. The van der Waals surface area contributed by atoms with Gasteiger partial charge in [-0.3, -0.25) is 0 Å². The molecule has 2 rings (SSSR count). The minimum atomic E-state index is 0.319. The van der Waals surface area contributed by atoms with Gasteiger partial charge in [0.15, 0.2) is 0 Å². The lowest BCUT2D eigenvalue weighted by Crippen LogP contribution is -2.35. The van der Waals surface area contributed by atoms with Crippen molar-refractivity contribution in [2.24, 2.45) is 5.92 Å². The quantitative estimate of drug-likeness (QED) is 0.823. The maximum absolute atomic E-state index is 9.53. The van der Waals surface area contributed by atoms with Crippen molar-refractivity contribution in [2.75, 3.05) is 0 Å². The summed E-state index contributed by atoms with van der Waals surface area (Å²) < 4.78 is 0. The Bertz CT molecular complexity index is 383. The predicted octanol–water partition coefficient (Wildman–Crippen LogP) is 4.40. The molecule has 1 aromatic rings. The molecule has 1 aromatic carbocycles. The Morgan fingerprint density at radius 2 is 2.00 bits per heavy atom. The summed E-state index contributed by atoms with van der Waals surface area (Å²) in [5.41, 5.74) is 1.18. The van der Waals surface area contributed by atoms with E-state index < -0.39 is 0 Å². The fourth-order valence-electron chi connectivity index (χ4n) is 3.27. The van der Waals surface area contributed by atoms with Gasteiger partial charge in [-0.2, -0.15) is 0 Å². The van der Waals surface area contributed by atoms with E-state index in [2.05, 4.69) is 25.2 Å². The van der Waals surface area contributed by atoms with E-state index >= 15 is 0 Å². The molecule has 2 nitrogen and oxygen atoms in total. The molecule has 0 aromatic heterocycles. The van der Waals surface area contributed by atoms with E-state index in [4.69, 9.17) is 0 Å². The summed E-state index contributed by atoms with van der Waals surface area (Å²) in [6.07, 6.45) is 8.06. The van der Waals surface area contributed by atoms with Crippen molar-refractivity contribution in [1.82, 2.24) is 5.32 Å². The summed E-state index contributed by atoms with van der Waals surface area (Å²) in [5.74, 6) is 1.32. The van der Waals surface area contributed by atoms with E-state index in [0.29, 0.717) is 17.8 Å². The Morgan fingerprint density at radius 3 is 2.63 bits per heavy atom. The van der Waals surface area contributed by atoms with Crippen LogP contribution in [0.3, 0.4) is 0 Å². The van der Waals surface area contributed by atoms with E-state index in [9.17, 15) is 5.11 Å². The van der Waals surface area contributed by atoms with Crippen LogP contribution >= 0.6 is 0 Å². The summed E-state index contributed by atoms with van der Waals surface area (Å²) >= 11 is 0. The highest BCUT2D eigenvalue weighted by molar-refractivity contribution is 5.29. The third kappa shape index (κ3) is 4.24. The third-order valence-electron chi connectivity index (χ3n) is 4.40. The molecule has 19 heavy (non-hydrogen) atoms. The van der Waals surface area contributed by atoms with Gasteiger partial charge in [0.25, 0.3) is 0 Å². The van der Waals surface area contributed by atoms with Crippen LogP contribution in [0.15, 0.2) is 24.3 Å². The molecule has 2 N–H and O–H groups in total. The van der Waals surface area contributed by atoms with Crippen LogP contribution in [0.25, 0.3) is 0 Å². The fraction of sp³-hybridized carbons (Fsp3) is 0.647. The predicted molar refractivity (Wildman–Crippen MR) is 80.3 cm³/mol.